The van der Waals surface area contributed by atoms with Crippen molar-refractivity contribution in [3.63, 3.8) is 0 Å². The second kappa shape index (κ2) is 12.5. The number of carbonyl (C=O) groups is 2. The molecule has 4 aromatic rings. The van der Waals surface area contributed by atoms with E-state index in [4.69, 9.17) is 4.74 Å². The number of nitrogens with zero attached hydrogens (tertiary/aromatic N) is 3. The zero-order valence-corrected chi connectivity index (χ0v) is 22.5. The van der Waals surface area contributed by atoms with Gasteiger partial charge in [0, 0.05) is 23.2 Å². The van der Waals surface area contributed by atoms with Crippen molar-refractivity contribution in [1.29, 1.82) is 0 Å². The van der Waals surface area contributed by atoms with E-state index in [-0.39, 0.29) is 48.7 Å². The third kappa shape index (κ3) is 6.47. The van der Waals surface area contributed by atoms with Crippen LogP contribution in [0.3, 0.4) is 0 Å². The van der Waals surface area contributed by atoms with Crippen LogP contribution in [-0.2, 0) is 0 Å². The van der Waals surface area contributed by atoms with E-state index in [1.165, 1.54) is 38.3 Å². The molecule has 0 bridgehead atoms. The molecule has 2 aliphatic rings. The van der Waals surface area contributed by atoms with Crippen LogP contribution in [0.1, 0.15) is 48.9 Å². The van der Waals surface area contributed by atoms with Crippen molar-refractivity contribution in [2.24, 2.45) is 11.8 Å². The van der Waals surface area contributed by atoms with Crippen LogP contribution >= 0.6 is 0 Å². The SMILES string of the molecule is O=C([N-]C1CC1C1CCCCC1)Nc1ccc(Oc2ccnc(NC(=O)c3ccccc3)n2)c2ccccc12.[Li+]. The van der Waals surface area contributed by atoms with Crippen molar-refractivity contribution < 1.29 is 33.2 Å². The zero-order valence-electron chi connectivity index (χ0n) is 22.5. The van der Waals surface area contributed by atoms with Gasteiger partial charge < -0.3 is 15.4 Å². The summed E-state index contributed by atoms with van der Waals surface area (Å²) in [6, 6.07) is 21.6. The summed E-state index contributed by atoms with van der Waals surface area (Å²) in [5.41, 5.74) is 1.19. The van der Waals surface area contributed by atoms with Gasteiger partial charge in [-0.15, -0.1) is 0 Å². The minimum Gasteiger partial charge on any atom is -0.438 e. The third-order valence-electron chi connectivity index (χ3n) is 7.57. The molecule has 0 radical (unpaired) electrons. The average molecular weight is 528 g/mol. The minimum atomic E-state index is -0.306. The van der Waals surface area contributed by atoms with E-state index in [9.17, 15) is 9.59 Å². The van der Waals surface area contributed by atoms with Crippen LogP contribution in [0.15, 0.2) is 79.0 Å². The predicted molar refractivity (Wildman–Crippen MR) is 151 cm³/mol. The molecular formula is C31H30LiN5O3. The predicted octanol–water partition coefficient (Wildman–Crippen LogP) is 4.55. The molecule has 2 unspecified atom stereocenters. The Morgan fingerprint density at radius 1 is 0.850 bits per heavy atom. The van der Waals surface area contributed by atoms with E-state index in [1.54, 1.807) is 36.4 Å². The summed E-state index contributed by atoms with van der Waals surface area (Å²) >= 11 is 0. The molecule has 6 rings (SSSR count). The fourth-order valence-corrected chi connectivity index (χ4v) is 5.52. The summed E-state index contributed by atoms with van der Waals surface area (Å²) in [6.45, 7) is 0. The maximum Gasteiger partial charge on any atom is 1.00 e. The molecule has 3 aromatic carbocycles. The van der Waals surface area contributed by atoms with Crippen molar-refractivity contribution in [3.8, 4) is 11.6 Å². The van der Waals surface area contributed by atoms with Gasteiger partial charge in [-0.05, 0) is 53.6 Å². The van der Waals surface area contributed by atoms with E-state index in [1.807, 2.05) is 36.4 Å². The fourth-order valence-electron chi connectivity index (χ4n) is 5.52. The molecule has 9 heteroatoms. The number of aromatic nitrogens is 2. The van der Waals surface area contributed by atoms with E-state index in [0.717, 1.165) is 23.1 Å². The molecule has 2 saturated carbocycles. The molecule has 3 amide bonds. The monoisotopic (exact) mass is 527 g/mol. The molecule has 1 aromatic heterocycles. The number of hydrogen-bond donors (Lipinski definition) is 2. The summed E-state index contributed by atoms with van der Waals surface area (Å²) in [4.78, 5) is 33.7. The first-order chi connectivity index (χ1) is 19.1. The van der Waals surface area contributed by atoms with Crippen molar-refractivity contribution in [3.05, 3.63) is 89.9 Å². The van der Waals surface area contributed by atoms with Crippen LogP contribution in [0.5, 0.6) is 11.6 Å². The first-order valence-electron chi connectivity index (χ1n) is 13.5. The Morgan fingerprint density at radius 2 is 1.60 bits per heavy atom. The molecule has 2 N–H and O–H groups in total. The van der Waals surface area contributed by atoms with Gasteiger partial charge in [-0.3, -0.25) is 14.9 Å². The molecular weight excluding hydrogens is 497 g/mol. The molecule has 2 fully saturated rings. The average Bonchev–Trinajstić information content (AvgIpc) is 3.74. The van der Waals surface area contributed by atoms with Gasteiger partial charge in [-0.1, -0.05) is 80.6 Å². The molecule has 0 aliphatic heterocycles. The van der Waals surface area contributed by atoms with Gasteiger partial charge in [0.1, 0.15) is 5.75 Å². The molecule has 2 aliphatic carbocycles. The maximum atomic E-state index is 12.8. The zero-order chi connectivity index (χ0) is 26.6. The Labute approximate surface area is 245 Å². The van der Waals surface area contributed by atoms with E-state index >= 15 is 0 Å². The molecule has 8 nitrogen and oxygen atoms in total. The number of hydrogen-bond acceptors (Lipinski definition) is 5. The van der Waals surface area contributed by atoms with Crippen LogP contribution in [0.25, 0.3) is 16.1 Å². The Bertz CT molecular complexity index is 1490. The molecule has 1 heterocycles. The Hall–Kier alpha value is -3.86. The first kappa shape index (κ1) is 27.7. The number of benzene rings is 3. The summed E-state index contributed by atoms with van der Waals surface area (Å²) in [6.07, 6.45) is 9.05. The van der Waals surface area contributed by atoms with Gasteiger partial charge in [0.2, 0.25) is 11.8 Å². The van der Waals surface area contributed by atoms with Crippen LogP contribution in [0.4, 0.5) is 16.4 Å². The van der Waals surface area contributed by atoms with Gasteiger partial charge in [0.25, 0.3) is 5.91 Å². The molecule has 40 heavy (non-hydrogen) atoms. The number of ether oxygens (including phenoxy) is 1. The summed E-state index contributed by atoms with van der Waals surface area (Å²) < 4.78 is 6.10. The number of carbonyl (C=O) groups excluding carboxylic acids is 2. The molecule has 0 saturated heterocycles. The second-order valence-corrected chi connectivity index (χ2v) is 10.2. The first-order valence-corrected chi connectivity index (χ1v) is 13.5. The standard InChI is InChI=1S/C31H31N5O3.Li/c37-29(21-11-5-2-6-12-21)36-30-32-18-17-28(35-30)39-27-16-15-25(22-13-7-8-14-23(22)27)33-31(38)34-26-19-24(26)20-9-3-1-4-10-20;/h2,5-8,11-18,20,24,26H,1,3-4,9-10,19H2,(H3,32,33,34,35,36,37,38);/q;+1/p-1. The van der Waals surface area contributed by atoms with Gasteiger partial charge in [-0.2, -0.15) is 4.98 Å². The summed E-state index contributed by atoms with van der Waals surface area (Å²) in [5.74, 6) is 1.99. The number of anilines is 2. The molecule has 198 valence electrons. The number of amides is 3. The largest absolute Gasteiger partial charge is 1.00 e. The van der Waals surface area contributed by atoms with Crippen molar-refractivity contribution in [1.82, 2.24) is 9.97 Å². The number of rotatable bonds is 7. The van der Waals surface area contributed by atoms with E-state index < -0.39 is 0 Å². The van der Waals surface area contributed by atoms with E-state index in [2.05, 4.69) is 25.9 Å². The Balaban J connectivity index is 0.00000323. The summed E-state index contributed by atoms with van der Waals surface area (Å²) in [7, 11) is 0. The topological polar surface area (TPSA) is 107 Å². The van der Waals surface area contributed by atoms with Gasteiger partial charge in [0.05, 0.1) is 0 Å². The Kier molecular flexibility index (Phi) is 8.68. The Morgan fingerprint density at radius 3 is 2.40 bits per heavy atom. The van der Waals surface area contributed by atoms with Gasteiger partial charge in [0.15, 0.2) is 6.03 Å². The third-order valence-corrected chi connectivity index (χ3v) is 7.57. The maximum absolute atomic E-state index is 12.8. The van der Waals surface area contributed by atoms with Crippen molar-refractivity contribution in [2.75, 3.05) is 10.6 Å². The number of urea groups is 1. The van der Waals surface area contributed by atoms with Crippen molar-refractivity contribution >= 4 is 34.3 Å². The quantitative estimate of drug-likeness (QED) is 0.343. The van der Waals surface area contributed by atoms with Crippen LogP contribution in [-0.4, -0.2) is 27.9 Å². The van der Waals surface area contributed by atoms with Crippen LogP contribution in [0, 0.1) is 11.8 Å². The molecule has 2 atom stereocenters. The van der Waals surface area contributed by atoms with Crippen LogP contribution in [0.2, 0.25) is 0 Å². The normalized spacial score (nSPS) is 18.3. The van der Waals surface area contributed by atoms with E-state index in [0.29, 0.717) is 22.9 Å². The minimum absolute atomic E-state index is 0. The van der Waals surface area contributed by atoms with Crippen LogP contribution < -0.4 is 34.2 Å². The second-order valence-electron chi connectivity index (χ2n) is 10.2. The van der Waals surface area contributed by atoms with Gasteiger partial charge in [-0.25, -0.2) is 4.98 Å². The van der Waals surface area contributed by atoms with Gasteiger partial charge >= 0.3 is 18.9 Å². The van der Waals surface area contributed by atoms with Crippen molar-refractivity contribution in [2.45, 2.75) is 44.6 Å². The summed E-state index contributed by atoms with van der Waals surface area (Å²) in [5, 5.41) is 11.8. The number of fused-ring (bicyclic) bond motifs is 1. The fraction of sp³-hybridized carbons (Fsp3) is 0.290. The number of nitrogens with one attached hydrogen (secondary N) is 2. The smallest absolute Gasteiger partial charge is 0.438 e. The molecule has 0 spiro atoms.